The standard InChI is InChI=1S/C15H25NO10/c1-7(18)3-4-10(21)16-11-8(19)5-15(25-2,14(23)24)26-13(11)12(22)9(20)6-17/h8-9,11-13,17,19-20,22H,3-6H2,1-2H3,(H,16,21)(H,23,24)/t8-,9-,11-,12-,13?,15-/m1/s1. The number of rotatable bonds is 9. The highest BCUT2D eigenvalue weighted by Crippen LogP contribution is 2.33. The van der Waals surface area contributed by atoms with E-state index in [0.717, 1.165) is 7.11 Å². The maximum atomic E-state index is 12.0. The lowest BCUT2D eigenvalue weighted by Crippen LogP contribution is -2.67. The average Bonchev–Trinajstić information content (AvgIpc) is 2.59. The Bertz CT molecular complexity index is 527. The number of carboxylic acids is 1. The lowest BCUT2D eigenvalue weighted by molar-refractivity contribution is -0.303. The Kier molecular flexibility index (Phi) is 8.06. The van der Waals surface area contributed by atoms with Crippen LogP contribution in [0.15, 0.2) is 0 Å². The van der Waals surface area contributed by atoms with Gasteiger partial charge in [0.15, 0.2) is 0 Å². The first-order valence-electron chi connectivity index (χ1n) is 7.98. The molecular formula is C15H25NO10. The highest BCUT2D eigenvalue weighted by molar-refractivity contribution is 5.83. The van der Waals surface area contributed by atoms with Crippen LogP contribution >= 0.6 is 0 Å². The Labute approximate surface area is 149 Å². The number of ether oxygens (including phenoxy) is 2. The summed E-state index contributed by atoms with van der Waals surface area (Å²) in [5, 5.41) is 50.9. The Morgan fingerprint density at radius 3 is 2.38 bits per heavy atom. The Balaban J connectivity index is 3.06. The Morgan fingerprint density at radius 2 is 1.92 bits per heavy atom. The molecule has 0 bridgehead atoms. The number of carbonyl (C=O) groups excluding carboxylic acids is 2. The molecule has 6 N–H and O–H groups in total. The second-order valence-electron chi connectivity index (χ2n) is 6.15. The molecule has 1 rings (SSSR count). The van der Waals surface area contributed by atoms with Gasteiger partial charge < -0.3 is 45.1 Å². The molecular weight excluding hydrogens is 354 g/mol. The van der Waals surface area contributed by atoms with Gasteiger partial charge in [0.05, 0.1) is 18.8 Å². The summed E-state index contributed by atoms with van der Waals surface area (Å²) in [4.78, 5) is 34.4. The van der Waals surface area contributed by atoms with Crippen LogP contribution in [0.4, 0.5) is 0 Å². The number of nitrogens with one attached hydrogen (secondary N) is 1. The number of aliphatic hydroxyl groups is 4. The summed E-state index contributed by atoms with van der Waals surface area (Å²) >= 11 is 0. The van der Waals surface area contributed by atoms with E-state index in [9.17, 15) is 34.8 Å². The van der Waals surface area contributed by atoms with Gasteiger partial charge in [-0.3, -0.25) is 4.79 Å². The van der Waals surface area contributed by atoms with Gasteiger partial charge in [0.2, 0.25) is 5.91 Å². The van der Waals surface area contributed by atoms with Crippen LogP contribution < -0.4 is 5.32 Å². The van der Waals surface area contributed by atoms with Crippen molar-refractivity contribution in [3.8, 4) is 0 Å². The first kappa shape index (κ1) is 22.4. The van der Waals surface area contributed by atoms with Gasteiger partial charge >= 0.3 is 5.97 Å². The molecule has 0 aromatic rings. The minimum Gasteiger partial charge on any atom is -0.477 e. The third-order valence-electron chi connectivity index (χ3n) is 4.18. The zero-order valence-electron chi connectivity index (χ0n) is 14.5. The number of aliphatic carboxylic acids is 1. The fraction of sp³-hybridized carbons (Fsp3) is 0.800. The van der Waals surface area contributed by atoms with Crippen molar-refractivity contribution in [2.24, 2.45) is 0 Å². The molecule has 11 nitrogen and oxygen atoms in total. The molecule has 1 fully saturated rings. The summed E-state index contributed by atoms with van der Waals surface area (Å²) in [5.41, 5.74) is 0. The minimum absolute atomic E-state index is 0.0425. The van der Waals surface area contributed by atoms with Crippen molar-refractivity contribution >= 4 is 17.7 Å². The molecule has 1 heterocycles. The molecule has 1 saturated heterocycles. The lowest BCUT2D eigenvalue weighted by atomic mass is 9.88. The van der Waals surface area contributed by atoms with Crippen molar-refractivity contribution in [1.29, 1.82) is 0 Å². The molecule has 0 aromatic heterocycles. The first-order valence-corrected chi connectivity index (χ1v) is 7.98. The fourth-order valence-corrected chi connectivity index (χ4v) is 2.65. The average molecular weight is 379 g/mol. The third-order valence-corrected chi connectivity index (χ3v) is 4.18. The molecule has 150 valence electrons. The molecule has 0 aliphatic carbocycles. The van der Waals surface area contributed by atoms with Crippen LogP contribution in [0.5, 0.6) is 0 Å². The minimum atomic E-state index is -2.30. The molecule has 1 amide bonds. The normalized spacial score (nSPS) is 31.1. The van der Waals surface area contributed by atoms with Crippen molar-refractivity contribution in [2.45, 2.75) is 62.4 Å². The van der Waals surface area contributed by atoms with E-state index >= 15 is 0 Å². The maximum Gasteiger partial charge on any atom is 0.364 e. The van der Waals surface area contributed by atoms with E-state index in [1.54, 1.807) is 0 Å². The molecule has 1 aliphatic rings. The second-order valence-corrected chi connectivity index (χ2v) is 6.15. The number of Topliss-reactive ketones (excluding diaryl/α,β-unsaturated/α-hetero) is 1. The van der Waals surface area contributed by atoms with Crippen LogP contribution in [0.2, 0.25) is 0 Å². The van der Waals surface area contributed by atoms with Crippen LogP contribution in [0.25, 0.3) is 0 Å². The van der Waals surface area contributed by atoms with Gasteiger partial charge in [0.1, 0.15) is 24.1 Å². The fourth-order valence-electron chi connectivity index (χ4n) is 2.65. The van der Waals surface area contributed by atoms with E-state index < -0.39 is 61.1 Å². The van der Waals surface area contributed by atoms with E-state index in [1.165, 1.54) is 6.92 Å². The van der Waals surface area contributed by atoms with Crippen molar-refractivity contribution in [2.75, 3.05) is 13.7 Å². The zero-order valence-corrected chi connectivity index (χ0v) is 14.5. The molecule has 26 heavy (non-hydrogen) atoms. The van der Waals surface area contributed by atoms with Crippen molar-refractivity contribution in [3.05, 3.63) is 0 Å². The lowest BCUT2D eigenvalue weighted by Gasteiger charge is -2.46. The summed E-state index contributed by atoms with van der Waals surface area (Å²) in [7, 11) is 1.03. The smallest absolute Gasteiger partial charge is 0.364 e. The third kappa shape index (κ3) is 5.19. The summed E-state index contributed by atoms with van der Waals surface area (Å²) < 4.78 is 10.1. The predicted molar refractivity (Wildman–Crippen MR) is 83.8 cm³/mol. The number of hydrogen-bond donors (Lipinski definition) is 6. The number of carbonyl (C=O) groups is 3. The predicted octanol–water partition coefficient (Wildman–Crippen LogP) is -2.87. The van der Waals surface area contributed by atoms with Gasteiger partial charge in [0.25, 0.3) is 5.79 Å². The van der Waals surface area contributed by atoms with E-state index in [1.807, 2.05) is 0 Å². The topological polar surface area (TPSA) is 183 Å². The monoisotopic (exact) mass is 379 g/mol. The van der Waals surface area contributed by atoms with E-state index in [2.05, 4.69) is 5.32 Å². The number of ketones is 1. The van der Waals surface area contributed by atoms with Gasteiger partial charge in [0, 0.05) is 26.4 Å². The summed E-state index contributed by atoms with van der Waals surface area (Å²) in [5.74, 6) is -4.74. The Hall–Kier alpha value is -1.63. The quantitative estimate of drug-likeness (QED) is 0.243. The van der Waals surface area contributed by atoms with E-state index in [4.69, 9.17) is 14.6 Å². The van der Waals surface area contributed by atoms with Crippen molar-refractivity contribution < 1.29 is 49.4 Å². The molecule has 1 aliphatic heterocycles. The summed E-state index contributed by atoms with van der Waals surface area (Å²) in [6.07, 6.45) is -7.44. The van der Waals surface area contributed by atoms with Crippen molar-refractivity contribution in [3.63, 3.8) is 0 Å². The van der Waals surface area contributed by atoms with Crippen LogP contribution in [0, 0.1) is 0 Å². The van der Waals surface area contributed by atoms with Crippen LogP contribution in [-0.4, -0.2) is 93.2 Å². The van der Waals surface area contributed by atoms with Gasteiger partial charge in [-0.05, 0) is 6.92 Å². The Morgan fingerprint density at radius 1 is 1.31 bits per heavy atom. The number of hydrogen-bond acceptors (Lipinski definition) is 9. The summed E-state index contributed by atoms with van der Waals surface area (Å²) in [6.45, 7) is 0.436. The SMILES string of the molecule is CO[C@]1(C(=O)O)C[C@@H](O)[C@@H](NC(=O)CCC(C)=O)C([C@H](O)[C@H](O)CO)O1. The van der Waals surface area contributed by atoms with E-state index in [-0.39, 0.29) is 18.6 Å². The van der Waals surface area contributed by atoms with Crippen LogP contribution in [-0.2, 0) is 23.9 Å². The van der Waals surface area contributed by atoms with E-state index in [0.29, 0.717) is 0 Å². The summed E-state index contributed by atoms with van der Waals surface area (Å²) in [6, 6.07) is -1.30. The zero-order chi connectivity index (χ0) is 20.1. The highest BCUT2D eigenvalue weighted by Gasteiger charge is 2.55. The number of aliphatic hydroxyl groups excluding tert-OH is 4. The van der Waals surface area contributed by atoms with Crippen LogP contribution in [0.1, 0.15) is 26.2 Å². The molecule has 0 aromatic carbocycles. The van der Waals surface area contributed by atoms with Gasteiger partial charge in [-0.2, -0.15) is 0 Å². The molecule has 6 atom stereocenters. The molecule has 0 saturated carbocycles. The van der Waals surface area contributed by atoms with Gasteiger partial charge in [-0.25, -0.2) is 4.79 Å². The number of carboxylic acid groups (broad SMARTS) is 1. The largest absolute Gasteiger partial charge is 0.477 e. The molecule has 0 radical (unpaired) electrons. The molecule has 0 spiro atoms. The number of amides is 1. The number of methoxy groups -OCH3 is 1. The van der Waals surface area contributed by atoms with Gasteiger partial charge in [-0.1, -0.05) is 0 Å². The van der Waals surface area contributed by atoms with Crippen LogP contribution in [0.3, 0.4) is 0 Å². The van der Waals surface area contributed by atoms with Crippen molar-refractivity contribution in [1.82, 2.24) is 5.32 Å². The highest BCUT2D eigenvalue weighted by atomic mass is 16.7. The second kappa shape index (κ2) is 9.35. The molecule has 1 unspecified atom stereocenters. The van der Waals surface area contributed by atoms with Gasteiger partial charge in [-0.15, -0.1) is 0 Å². The molecule has 11 heteroatoms. The first-order chi connectivity index (χ1) is 12.1. The maximum absolute atomic E-state index is 12.0.